The van der Waals surface area contributed by atoms with E-state index < -0.39 is 0 Å². The summed E-state index contributed by atoms with van der Waals surface area (Å²) in [5.74, 6) is 0.656. The molecule has 2 heterocycles. The molecule has 3 aromatic rings. The number of aromatic nitrogens is 2. The van der Waals surface area contributed by atoms with Crippen LogP contribution < -0.4 is 5.56 Å². The molecule has 3 rings (SSSR count). The zero-order valence-corrected chi connectivity index (χ0v) is 16.4. The molecule has 0 N–H and O–H groups in total. The Morgan fingerprint density at radius 3 is 2.64 bits per heavy atom. The van der Waals surface area contributed by atoms with Crippen molar-refractivity contribution < 1.29 is 0 Å². The molecule has 1 aromatic carbocycles. The molecule has 5 heteroatoms. The molecule has 0 aliphatic carbocycles. The van der Waals surface area contributed by atoms with Gasteiger partial charge in [-0.3, -0.25) is 9.20 Å². The van der Waals surface area contributed by atoms with Crippen molar-refractivity contribution in [2.45, 2.75) is 43.8 Å². The standard InChI is InChI=1S/C20H21ClN2OS/c1-13-5-6-14(20(2,3)4)9-17(13)25-12-16-10-19(24)23-11-15(21)7-8-18(23)22-16/h5-11H,12H2,1-4H3. The van der Waals surface area contributed by atoms with E-state index in [1.807, 2.05) is 0 Å². The highest BCUT2D eigenvalue weighted by Crippen LogP contribution is 2.31. The van der Waals surface area contributed by atoms with Crippen LogP contribution >= 0.6 is 23.4 Å². The minimum atomic E-state index is -0.108. The van der Waals surface area contributed by atoms with Gasteiger partial charge in [0.05, 0.1) is 10.7 Å². The summed E-state index contributed by atoms with van der Waals surface area (Å²) in [6.07, 6.45) is 1.60. The summed E-state index contributed by atoms with van der Waals surface area (Å²) in [5, 5.41) is 0.521. The number of rotatable bonds is 3. The molecule has 0 saturated carbocycles. The highest BCUT2D eigenvalue weighted by Gasteiger charge is 2.15. The number of hydrogen-bond donors (Lipinski definition) is 0. The van der Waals surface area contributed by atoms with Crippen LogP contribution in [0.3, 0.4) is 0 Å². The van der Waals surface area contributed by atoms with E-state index in [9.17, 15) is 4.79 Å². The van der Waals surface area contributed by atoms with Crippen molar-refractivity contribution in [3.8, 4) is 0 Å². The van der Waals surface area contributed by atoms with Gasteiger partial charge in [-0.25, -0.2) is 4.98 Å². The number of halogens is 1. The second kappa shape index (κ2) is 6.85. The summed E-state index contributed by atoms with van der Waals surface area (Å²) in [6, 6.07) is 11.7. The maximum Gasteiger partial charge on any atom is 0.258 e. The minimum Gasteiger partial charge on any atom is -0.269 e. The Morgan fingerprint density at radius 1 is 1.16 bits per heavy atom. The van der Waals surface area contributed by atoms with E-state index in [-0.39, 0.29) is 11.0 Å². The Bertz CT molecular complexity index is 989. The van der Waals surface area contributed by atoms with Gasteiger partial charge in [0.15, 0.2) is 0 Å². The van der Waals surface area contributed by atoms with Crippen LogP contribution in [0.1, 0.15) is 37.6 Å². The van der Waals surface area contributed by atoms with Crippen LogP contribution in [0.4, 0.5) is 0 Å². The van der Waals surface area contributed by atoms with Gasteiger partial charge in [-0.05, 0) is 41.7 Å². The smallest absolute Gasteiger partial charge is 0.258 e. The van der Waals surface area contributed by atoms with Crippen LogP contribution in [0.2, 0.25) is 5.02 Å². The summed E-state index contributed by atoms with van der Waals surface area (Å²) in [5.41, 5.74) is 3.94. The summed E-state index contributed by atoms with van der Waals surface area (Å²) in [6.45, 7) is 8.74. The van der Waals surface area contributed by atoms with Gasteiger partial charge >= 0.3 is 0 Å². The summed E-state index contributed by atoms with van der Waals surface area (Å²) < 4.78 is 1.47. The van der Waals surface area contributed by atoms with E-state index in [1.165, 1.54) is 20.4 Å². The third kappa shape index (κ3) is 4.07. The predicted octanol–water partition coefficient (Wildman–Crippen LogP) is 5.25. The topological polar surface area (TPSA) is 34.4 Å². The van der Waals surface area contributed by atoms with E-state index in [0.29, 0.717) is 16.4 Å². The highest BCUT2D eigenvalue weighted by molar-refractivity contribution is 7.98. The number of aryl methyl sites for hydroxylation is 1. The number of thioether (sulfide) groups is 1. The van der Waals surface area contributed by atoms with Crippen LogP contribution in [0, 0.1) is 6.92 Å². The Kier molecular flexibility index (Phi) is 4.94. The van der Waals surface area contributed by atoms with Gasteiger partial charge in [-0.1, -0.05) is 44.5 Å². The minimum absolute atomic E-state index is 0.108. The first kappa shape index (κ1) is 18.0. The van der Waals surface area contributed by atoms with Crippen molar-refractivity contribution in [2.24, 2.45) is 0 Å². The Balaban J connectivity index is 1.88. The monoisotopic (exact) mass is 372 g/mol. The molecule has 0 amide bonds. The molecule has 0 atom stereocenters. The average molecular weight is 373 g/mol. The van der Waals surface area contributed by atoms with Gasteiger partial charge in [-0.15, -0.1) is 11.8 Å². The molecule has 0 fully saturated rings. The van der Waals surface area contributed by atoms with Gasteiger partial charge in [0.1, 0.15) is 5.65 Å². The lowest BCUT2D eigenvalue weighted by molar-refractivity contribution is 0.588. The maximum absolute atomic E-state index is 12.3. The number of nitrogens with zero attached hydrogens (tertiary/aromatic N) is 2. The van der Waals surface area contributed by atoms with Crippen molar-refractivity contribution in [3.63, 3.8) is 0 Å². The van der Waals surface area contributed by atoms with Gasteiger partial charge in [0.25, 0.3) is 5.56 Å². The lowest BCUT2D eigenvalue weighted by Crippen LogP contribution is -2.15. The second-order valence-electron chi connectivity index (χ2n) is 7.18. The highest BCUT2D eigenvalue weighted by atomic mass is 35.5. The van der Waals surface area contributed by atoms with Crippen LogP contribution in [-0.4, -0.2) is 9.38 Å². The quantitative estimate of drug-likeness (QED) is 0.589. The molecule has 0 radical (unpaired) electrons. The summed E-state index contributed by atoms with van der Waals surface area (Å²) in [7, 11) is 0. The second-order valence-corrected chi connectivity index (χ2v) is 8.63. The van der Waals surface area contributed by atoms with Crippen molar-refractivity contribution in [1.29, 1.82) is 0 Å². The zero-order valence-electron chi connectivity index (χ0n) is 14.8. The fourth-order valence-electron chi connectivity index (χ4n) is 2.57. The summed E-state index contributed by atoms with van der Waals surface area (Å²) in [4.78, 5) is 18.1. The van der Waals surface area contributed by atoms with Gasteiger partial charge in [0.2, 0.25) is 0 Å². The molecule has 0 spiro atoms. The number of benzene rings is 1. The van der Waals surface area contributed by atoms with Crippen molar-refractivity contribution in [1.82, 2.24) is 9.38 Å². The molecule has 0 saturated heterocycles. The maximum atomic E-state index is 12.3. The van der Waals surface area contributed by atoms with E-state index in [1.54, 1.807) is 36.2 Å². The first-order valence-electron chi connectivity index (χ1n) is 8.16. The SMILES string of the molecule is Cc1ccc(C(C)(C)C)cc1SCc1cc(=O)n2cc(Cl)ccc2n1. The third-order valence-electron chi connectivity index (χ3n) is 4.11. The molecular weight excluding hydrogens is 352 g/mol. The van der Waals surface area contributed by atoms with Gasteiger partial charge in [0, 0.05) is 22.9 Å². The fraction of sp³-hybridized carbons (Fsp3) is 0.300. The molecule has 130 valence electrons. The van der Waals surface area contributed by atoms with E-state index in [2.05, 4.69) is 50.9 Å². The van der Waals surface area contributed by atoms with Crippen molar-refractivity contribution >= 4 is 29.0 Å². The Labute approximate surface area is 157 Å². The van der Waals surface area contributed by atoms with Crippen LogP contribution in [0.15, 0.2) is 52.3 Å². The molecule has 0 aliphatic heterocycles. The first-order valence-corrected chi connectivity index (χ1v) is 9.52. The Morgan fingerprint density at radius 2 is 1.92 bits per heavy atom. The zero-order chi connectivity index (χ0) is 18.2. The molecule has 0 unspecified atom stereocenters. The van der Waals surface area contributed by atoms with Gasteiger partial charge < -0.3 is 0 Å². The van der Waals surface area contributed by atoms with Crippen molar-refractivity contribution in [2.75, 3.05) is 0 Å². The van der Waals surface area contributed by atoms with Crippen LogP contribution in [0.25, 0.3) is 5.65 Å². The molecule has 0 aliphatic rings. The Hall–Kier alpha value is -1.78. The van der Waals surface area contributed by atoms with Crippen LogP contribution in [-0.2, 0) is 11.2 Å². The fourth-order valence-corrected chi connectivity index (χ4v) is 3.69. The largest absolute Gasteiger partial charge is 0.269 e. The number of fused-ring (bicyclic) bond motifs is 1. The van der Waals surface area contributed by atoms with E-state index >= 15 is 0 Å². The summed E-state index contributed by atoms with van der Waals surface area (Å²) >= 11 is 7.66. The third-order valence-corrected chi connectivity index (χ3v) is 5.52. The van der Waals surface area contributed by atoms with Crippen LogP contribution in [0.5, 0.6) is 0 Å². The number of hydrogen-bond acceptors (Lipinski definition) is 3. The van der Waals surface area contributed by atoms with E-state index in [0.717, 1.165) is 5.69 Å². The van der Waals surface area contributed by atoms with Gasteiger partial charge in [-0.2, -0.15) is 0 Å². The molecular formula is C20H21ClN2OS. The molecule has 25 heavy (non-hydrogen) atoms. The molecule has 3 nitrogen and oxygen atoms in total. The predicted molar refractivity (Wildman–Crippen MR) is 106 cm³/mol. The van der Waals surface area contributed by atoms with Crippen molar-refractivity contribution in [3.05, 3.63) is 74.8 Å². The molecule has 0 bridgehead atoms. The first-order chi connectivity index (χ1) is 11.7. The normalized spacial score (nSPS) is 11.9. The van der Waals surface area contributed by atoms with E-state index in [4.69, 9.17) is 11.6 Å². The molecule has 2 aromatic heterocycles. The lowest BCUT2D eigenvalue weighted by Gasteiger charge is -2.20. The lowest BCUT2D eigenvalue weighted by atomic mass is 9.87. The number of pyridine rings is 1. The average Bonchev–Trinajstić information content (AvgIpc) is 2.54.